The number of aromatic nitrogens is 4. The van der Waals surface area contributed by atoms with E-state index >= 15 is 0 Å². The van der Waals surface area contributed by atoms with Gasteiger partial charge < -0.3 is 14.8 Å². The molecule has 1 saturated heterocycles. The Labute approximate surface area is 154 Å². The van der Waals surface area contributed by atoms with Crippen molar-refractivity contribution in [1.29, 1.82) is 0 Å². The number of hydrogen-bond acceptors (Lipinski definition) is 5. The summed E-state index contributed by atoms with van der Waals surface area (Å²) in [6.07, 6.45) is 0. The molecule has 1 aromatic carbocycles. The van der Waals surface area contributed by atoms with Crippen LogP contribution < -0.4 is 5.56 Å². The van der Waals surface area contributed by atoms with Gasteiger partial charge in [-0.1, -0.05) is 0 Å². The molecular weight excluding hydrogens is 348 g/mol. The fraction of sp³-hybridized carbons (Fsp3) is 0.278. The van der Waals surface area contributed by atoms with Crippen LogP contribution in [0.3, 0.4) is 0 Å². The highest BCUT2D eigenvalue weighted by Gasteiger charge is 2.26. The number of hydrogen-bond donors (Lipinski definition) is 2. The van der Waals surface area contributed by atoms with Gasteiger partial charge in [0.05, 0.1) is 11.0 Å². The van der Waals surface area contributed by atoms with Gasteiger partial charge in [-0.25, -0.2) is 10.1 Å². The highest BCUT2D eigenvalue weighted by Crippen LogP contribution is 2.16. The molecule has 0 unspecified atom stereocenters. The van der Waals surface area contributed by atoms with E-state index in [2.05, 4.69) is 20.2 Å². The quantitative estimate of drug-likeness (QED) is 0.687. The molecule has 3 aromatic rings. The standard InChI is InChI=1S/C18H18N6O3/c1-11-19-13-3-2-12(10-15(13)20-11)17(26)23-6-8-24(9-7-23)18(27)14-4-5-16(25)22-21-14/h2-5,10H,6-9H2,1H3,(H,19,20)(H,22,25). The average Bonchev–Trinajstić information content (AvgIpc) is 3.07. The van der Waals surface area contributed by atoms with Crippen molar-refractivity contribution < 1.29 is 9.59 Å². The van der Waals surface area contributed by atoms with Crippen molar-refractivity contribution >= 4 is 22.8 Å². The molecule has 4 rings (SSSR count). The predicted molar refractivity (Wildman–Crippen MR) is 97.5 cm³/mol. The first-order valence-corrected chi connectivity index (χ1v) is 8.62. The number of nitrogens with one attached hydrogen (secondary N) is 2. The van der Waals surface area contributed by atoms with Gasteiger partial charge in [-0.3, -0.25) is 14.4 Å². The fourth-order valence-corrected chi connectivity index (χ4v) is 3.19. The molecule has 0 atom stereocenters. The van der Waals surface area contributed by atoms with Crippen LogP contribution in [0.2, 0.25) is 0 Å². The van der Waals surface area contributed by atoms with E-state index in [0.29, 0.717) is 31.7 Å². The minimum Gasteiger partial charge on any atom is -0.342 e. The van der Waals surface area contributed by atoms with E-state index in [1.54, 1.807) is 21.9 Å². The number of fused-ring (bicyclic) bond motifs is 1. The van der Waals surface area contributed by atoms with E-state index in [9.17, 15) is 14.4 Å². The van der Waals surface area contributed by atoms with Crippen LogP contribution in [0.1, 0.15) is 26.7 Å². The van der Waals surface area contributed by atoms with Crippen LogP contribution in [-0.4, -0.2) is 68.0 Å². The molecule has 2 N–H and O–H groups in total. The largest absolute Gasteiger partial charge is 0.342 e. The van der Waals surface area contributed by atoms with Gasteiger partial charge in [0, 0.05) is 37.8 Å². The highest BCUT2D eigenvalue weighted by molar-refractivity contribution is 5.97. The Morgan fingerprint density at radius 1 is 1.00 bits per heavy atom. The smallest absolute Gasteiger partial charge is 0.274 e. The lowest BCUT2D eigenvalue weighted by Crippen LogP contribution is -2.50. The Bertz CT molecular complexity index is 1060. The Kier molecular flexibility index (Phi) is 4.19. The molecule has 2 amide bonds. The molecule has 0 bridgehead atoms. The van der Waals surface area contributed by atoms with Crippen LogP contribution in [0.4, 0.5) is 0 Å². The first-order chi connectivity index (χ1) is 13.0. The third-order valence-electron chi connectivity index (χ3n) is 4.60. The number of nitrogens with zero attached hydrogens (tertiary/aromatic N) is 4. The first kappa shape index (κ1) is 17.0. The van der Waals surface area contributed by atoms with Crippen LogP contribution in [0.15, 0.2) is 35.1 Å². The number of carbonyl (C=O) groups is 2. The van der Waals surface area contributed by atoms with E-state index in [4.69, 9.17) is 0 Å². The number of H-pyrrole nitrogens is 2. The number of rotatable bonds is 2. The van der Waals surface area contributed by atoms with Crippen LogP contribution in [0, 0.1) is 6.92 Å². The summed E-state index contributed by atoms with van der Waals surface area (Å²) in [5.74, 6) is 0.476. The summed E-state index contributed by atoms with van der Waals surface area (Å²) in [5.41, 5.74) is 2.08. The SMILES string of the molecule is Cc1nc2ccc(C(=O)N3CCN(C(=O)c4ccc(=O)[nH]n4)CC3)cc2[nH]1. The highest BCUT2D eigenvalue weighted by atomic mass is 16.2. The summed E-state index contributed by atoms with van der Waals surface area (Å²) in [6.45, 7) is 3.57. The van der Waals surface area contributed by atoms with E-state index in [1.807, 2.05) is 13.0 Å². The zero-order valence-electron chi connectivity index (χ0n) is 14.7. The maximum absolute atomic E-state index is 12.8. The number of aromatic amines is 2. The number of piperazine rings is 1. The van der Waals surface area contributed by atoms with E-state index in [0.717, 1.165) is 16.9 Å². The van der Waals surface area contributed by atoms with Crippen molar-refractivity contribution in [2.75, 3.05) is 26.2 Å². The summed E-state index contributed by atoms with van der Waals surface area (Å²) in [7, 11) is 0. The van der Waals surface area contributed by atoms with Crippen molar-refractivity contribution in [3.8, 4) is 0 Å². The Hall–Kier alpha value is -3.49. The molecule has 9 heteroatoms. The van der Waals surface area contributed by atoms with Gasteiger partial charge in [-0.15, -0.1) is 0 Å². The Morgan fingerprint density at radius 2 is 1.70 bits per heavy atom. The van der Waals surface area contributed by atoms with E-state index in [1.165, 1.54) is 12.1 Å². The zero-order chi connectivity index (χ0) is 19.0. The van der Waals surface area contributed by atoms with Gasteiger partial charge in [-0.05, 0) is 31.2 Å². The molecule has 9 nitrogen and oxygen atoms in total. The van der Waals surface area contributed by atoms with Crippen LogP contribution >= 0.6 is 0 Å². The molecule has 0 aliphatic carbocycles. The van der Waals surface area contributed by atoms with Crippen molar-refractivity contribution in [3.63, 3.8) is 0 Å². The van der Waals surface area contributed by atoms with Gasteiger partial charge in [-0.2, -0.15) is 5.10 Å². The summed E-state index contributed by atoms with van der Waals surface area (Å²) in [6, 6.07) is 8.08. The molecule has 3 heterocycles. The Balaban J connectivity index is 1.43. The minimum absolute atomic E-state index is 0.0709. The third kappa shape index (κ3) is 3.31. The third-order valence-corrected chi connectivity index (χ3v) is 4.60. The van der Waals surface area contributed by atoms with Crippen molar-refractivity contribution in [3.05, 3.63) is 57.8 Å². The second kappa shape index (κ2) is 6.67. The molecule has 1 aliphatic heterocycles. The summed E-state index contributed by atoms with van der Waals surface area (Å²) < 4.78 is 0. The number of carbonyl (C=O) groups excluding carboxylic acids is 2. The number of amides is 2. The monoisotopic (exact) mass is 366 g/mol. The lowest BCUT2D eigenvalue weighted by Gasteiger charge is -2.34. The number of benzene rings is 1. The van der Waals surface area contributed by atoms with Crippen molar-refractivity contribution in [2.45, 2.75) is 6.92 Å². The van der Waals surface area contributed by atoms with Gasteiger partial charge in [0.1, 0.15) is 11.5 Å². The number of aryl methyl sites for hydroxylation is 1. The molecule has 27 heavy (non-hydrogen) atoms. The van der Waals surface area contributed by atoms with Crippen molar-refractivity contribution in [2.24, 2.45) is 0 Å². The van der Waals surface area contributed by atoms with Gasteiger partial charge in [0.15, 0.2) is 0 Å². The second-order valence-corrected chi connectivity index (χ2v) is 6.44. The first-order valence-electron chi connectivity index (χ1n) is 8.62. The van der Waals surface area contributed by atoms with Crippen LogP contribution in [-0.2, 0) is 0 Å². The molecule has 1 aliphatic rings. The topological polar surface area (TPSA) is 115 Å². The van der Waals surface area contributed by atoms with Crippen LogP contribution in [0.5, 0.6) is 0 Å². The normalized spacial score (nSPS) is 14.6. The molecule has 0 saturated carbocycles. The Morgan fingerprint density at radius 3 is 2.37 bits per heavy atom. The lowest BCUT2D eigenvalue weighted by molar-refractivity contribution is 0.0531. The van der Waals surface area contributed by atoms with Crippen molar-refractivity contribution in [1.82, 2.24) is 30.0 Å². The molecule has 2 aromatic heterocycles. The molecule has 138 valence electrons. The maximum atomic E-state index is 12.8. The lowest BCUT2D eigenvalue weighted by atomic mass is 10.1. The maximum Gasteiger partial charge on any atom is 0.274 e. The zero-order valence-corrected chi connectivity index (χ0v) is 14.7. The summed E-state index contributed by atoms with van der Waals surface area (Å²) in [5, 5.41) is 6.03. The fourth-order valence-electron chi connectivity index (χ4n) is 3.19. The van der Waals surface area contributed by atoms with Crippen LogP contribution in [0.25, 0.3) is 11.0 Å². The second-order valence-electron chi connectivity index (χ2n) is 6.44. The molecule has 0 spiro atoms. The van der Waals surface area contributed by atoms with Gasteiger partial charge in [0.25, 0.3) is 17.4 Å². The minimum atomic E-state index is -0.355. The van der Waals surface area contributed by atoms with Gasteiger partial charge in [0.2, 0.25) is 0 Å². The molecule has 0 radical (unpaired) electrons. The number of imidazole rings is 1. The summed E-state index contributed by atoms with van der Waals surface area (Å²) >= 11 is 0. The average molecular weight is 366 g/mol. The predicted octanol–water partition coefficient (Wildman–Crippen LogP) is 0.553. The molecule has 1 fully saturated rings. The summed E-state index contributed by atoms with van der Waals surface area (Å²) in [4.78, 5) is 47.1. The van der Waals surface area contributed by atoms with E-state index < -0.39 is 0 Å². The van der Waals surface area contributed by atoms with Gasteiger partial charge >= 0.3 is 0 Å². The van der Waals surface area contributed by atoms with E-state index in [-0.39, 0.29) is 23.1 Å². The molecular formula is C18H18N6O3.